The van der Waals surface area contributed by atoms with Crippen molar-refractivity contribution in [2.75, 3.05) is 45.8 Å². The fourth-order valence-electron chi connectivity index (χ4n) is 11.4. The summed E-state index contributed by atoms with van der Waals surface area (Å²) in [4.78, 5) is 168. The maximum absolute atomic E-state index is 14.8. The zero-order valence-corrected chi connectivity index (χ0v) is 59.9. The number of aliphatic carboxylic acids is 1. The summed E-state index contributed by atoms with van der Waals surface area (Å²) in [6, 6.07) is 13.0. The molecular formula is C70H109N21O13. The van der Waals surface area contributed by atoms with Gasteiger partial charge in [0.1, 0.15) is 54.1 Å². The van der Waals surface area contributed by atoms with E-state index in [9.17, 15) is 63.0 Å². The highest BCUT2D eigenvalue weighted by molar-refractivity contribution is 5.99. The minimum Gasteiger partial charge on any atom is -0.508 e. The Kier molecular flexibility index (Phi) is 38.0. The summed E-state index contributed by atoms with van der Waals surface area (Å²) < 4.78 is 0. The number of nitrogens with two attached hydrogens (primary N) is 7. The Morgan fingerprint density at radius 2 is 0.990 bits per heavy atom. The van der Waals surface area contributed by atoms with Gasteiger partial charge in [-0.1, -0.05) is 107 Å². The number of carbonyl (C=O) groups is 11. The molecule has 0 aliphatic carbocycles. The van der Waals surface area contributed by atoms with Crippen LogP contribution >= 0.6 is 0 Å². The highest BCUT2D eigenvalue weighted by Crippen LogP contribution is 2.22. The van der Waals surface area contributed by atoms with Gasteiger partial charge in [-0.25, -0.2) is 4.79 Å². The minimum absolute atomic E-state index is 0.00233. The van der Waals surface area contributed by atoms with Crippen LogP contribution in [-0.2, 0) is 72.1 Å². The summed E-state index contributed by atoms with van der Waals surface area (Å²) in [6.45, 7) is 6.71. The van der Waals surface area contributed by atoms with Gasteiger partial charge in [-0.3, -0.25) is 62.9 Å². The van der Waals surface area contributed by atoms with Gasteiger partial charge in [0, 0.05) is 39.1 Å². The zero-order chi connectivity index (χ0) is 76.7. The molecule has 10 atom stereocenters. The number of unbranched alkanes of at least 4 members (excludes halogenated alkanes) is 1. The summed E-state index contributed by atoms with van der Waals surface area (Å²) in [6.07, 6.45) is 2.20. The lowest BCUT2D eigenvalue weighted by molar-refractivity contribution is -0.145. The number of phenols is 1. The second kappa shape index (κ2) is 46.1. The van der Waals surface area contributed by atoms with E-state index in [1.165, 1.54) is 17.0 Å². The summed E-state index contributed by atoms with van der Waals surface area (Å²) in [5.41, 5.74) is 41.6. The van der Waals surface area contributed by atoms with Crippen molar-refractivity contribution in [2.24, 2.45) is 66.9 Å². The molecule has 572 valence electrons. The van der Waals surface area contributed by atoms with E-state index >= 15 is 0 Å². The highest BCUT2D eigenvalue weighted by atomic mass is 16.4. The molecular weight excluding hydrogens is 1340 g/mol. The first-order valence-corrected chi connectivity index (χ1v) is 35.2. The lowest BCUT2D eigenvalue weighted by Gasteiger charge is -2.32. The molecule has 34 heteroatoms. The molecule has 1 aliphatic heterocycles. The van der Waals surface area contributed by atoms with E-state index in [0.717, 1.165) is 11.1 Å². The van der Waals surface area contributed by atoms with Crippen molar-refractivity contribution >= 4 is 82.9 Å². The number of carboxylic acid groups (broad SMARTS) is 1. The number of guanidine groups is 3. The van der Waals surface area contributed by atoms with E-state index in [4.69, 9.17) is 40.1 Å². The predicted molar refractivity (Wildman–Crippen MR) is 392 cm³/mol. The quantitative estimate of drug-likeness (QED) is 0.0157. The van der Waals surface area contributed by atoms with Gasteiger partial charge in [0.05, 0.1) is 19.1 Å². The molecule has 0 radical (unpaired) electrons. The zero-order valence-electron chi connectivity index (χ0n) is 59.9. The number of hydrogen-bond acceptors (Lipinski definition) is 17. The van der Waals surface area contributed by atoms with Crippen LogP contribution in [0.3, 0.4) is 0 Å². The molecule has 3 aromatic rings. The van der Waals surface area contributed by atoms with Crippen molar-refractivity contribution in [3.05, 3.63) is 102 Å². The molecule has 26 N–H and O–H groups in total. The molecule has 34 nitrogen and oxygen atoms in total. The summed E-state index contributed by atoms with van der Waals surface area (Å²) >= 11 is 0. The van der Waals surface area contributed by atoms with E-state index in [-0.39, 0.29) is 126 Å². The van der Waals surface area contributed by atoms with Crippen LogP contribution in [0.2, 0.25) is 0 Å². The molecule has 104 heavy (non-hydrogen) atoms. The first-order chi connectivity index (χ1) is 49.6. The summed E-state index contributed by atoms with van der Waals surface area (Å²) in [5, 5.41) is 47.1. The molecule has 1 heterocycles. The van der Waals surface area contributed by atoms with E-state index in [0.29, 0.717) is 44.3 Å². The van der Waals surface area contributed by atoms with Gasteiger partial charge in [0.25, 0.3) is 0 Å². The van der Waals surface area contributed by atoms with Gasteiger partial charge >= 0.3 is 5.97 Å². The number of nitrogens with zero attached hydrogens (tertiary/aromatic N) is 4. The van der Waals surface area contributed by atoms with E-state index < -0.39 is 138 Å². The van der Waals surface area contributed by atoms with Crippen LogP contribution in [0.5, 0.6) is 5.75 Å². The number of aromatic hydroxyl groups is 1. The predicted octanol–water partition coefficient (Wildman–Crippen LogP) is -2.58. The standard InChI is InChI=1S/C70H109N21O13/c1-5-43(4)58(65(101)87-50(25-16-34-80-70(76)77)66(102)91-35-17-26-55(91)64(100)88-51(67(103)104)22-12-13-31-71)90-61(97)49(24-15-33-79-69(74)75)85-60(96)48(23-14-32-78-68(72)73)86-62(98)53(36-42(2)3)89-63(99)54(38-44-18-8-6-9-19-44)84-57(94)41-82-56(93)40-83-59(95)52(37-45-27-29-47(92)30-28-45)81-39-46-20-10-7-11-21-46/h6-11,18-21,27-30,42-43,48-55,58,81,92H,5,12-17,22-26,31-41,71H2,1-4H3,(H,82,93)(H,83,95)(H,84,94)(H,85,96)(H,86,98)(H,87,101)(H,88,100)(H,89,99)(H,90,97)(H,103,104)(H4,72,73,78)(H4,74,75,79)(H4,76,77,80)/t43?,48-,49-,50-,51-,52-,53-,54-,55+,58-/m0/s1. The number of aliphatic imine (C=N–C) groups is 3. The monoisotopic (exact) mass is 1450 g/mol. The molecule has 1 unspecified atom stereocenters. The lowest BCUT2D eigenvalue weighted by atomic mass is 9.96. The SMILES string of the molecule is CCC(C)[C@H](NC(=O)[C@H](CCCN=C(N)N)NC(=O)[C@H](CCCN=C(N)N)NC(=O)[C@H](CC(C)C)NC(=O)[C@H](Cc1ccccc1)NC(=O)CNC(=O)CNC(=O)[C@H](Cc1ccc(O)cc1)NCc1ccccc1)C(=O)N[C@@H](CCCN=C(N)N)C(=O)N1CCC[C@@H]1C(=O)N[C@@H](CCCCN)C(=O)O. The van der Waals surface area contributed by atoms with Crippen LogP contribution in [-0.4, -0.2) is 198 Å². The molecule has 1 fully saturated rings. The van der Waals surface area contributed by atoms with Crippen molar-refractivity contribution in [1.29, 1.82) is 0 Å². The Morgan fingerprint density at radius 3 is 1.53 bits per heavy atom. The van der Waals surface area contributed by atoms with Gasteiger partial charge in [0.2, 0.25) is 59.1 Å². The Morgan fingerprint density at radius 1 is 0.510 bits per heavy atom. The number of rotatable bonds is 47. The molecule has 10 amide bonds. The van der Waals surface area contributed by atoms with Crippen molar-refractivity contribution < 1.29 is 63.0 Å². The third-order valence-corrected chi connectivity index (χ3v) is 17.1. The number of carboxylic acids is 1. The number of amides is 10. The third-order valence-electron chi connectivity index (χ3n) is 17.1. The first kappa shape index (κ1) is 85.8. The molecule has 0 bridgehead atoms. The second-order valence-corrected chi connectivity index (χ2v) is 26.1. The number of carbonyl (C=O) groups excluding carboxylic acids is 10. The van der Waals surface area contributed by atoms with Crippen LogP contribution in [0.25, 0.3) is 0 Å². The van der Waals surface area contributed by atoms with Crippen LogP contribution in [0.4, 0.5) is 0 Å². The normalized spacial score (nSPS) is 15.1. The Balaban J connectivity index is 1.57. The number of nitrogens with one attached hydrogen (secondary N) is 10. The number of hydrogen-bond donors (Lipinski definition) is 19. The van der Waals surface area contributed by atoms with Crippen LogP contribution in [0.1, 0.15) is 128 Å². The fraction of sp³-hybridized carbons (Fsp3) is 0.543. The van der Waals surface area contributed by atoms with Crippen molar-refractivity contribution in [2.45, 2.75) is 185 Å². The number of benzene rings is 3. The van der Waals surface area contributed by atoms with E-state index in [1.54, 1.807) is 70.2 Å². The van der Waals surface area contributed by atoms with Gasteiger partial charge in [-0.15, -0.1) is 0 Å². The van der Waals surface area contributed by atoms with Crippen molar-refractivity contribution in [3.63, 3.8) is 0 Å². The van der Waals surface area contributed by atoms with Crippen molar-refractivity contribution in [1.82, 2.24) is 58.1 Å². The Labute approximate surface area is 606 Å². The minimum atomic E-state index is -1.45. The molecule has 4 rings (SSSR count). The molecule has 0 saturated carbocycles. The smallest absolute Gasteiger partial charge is 0.326 e. The number of phenolic OH excluding ortho intramolecular Hbond substituents is 1. The average Bonchev–Trinajstić information content (AvgIpc) is 1.63. The Hall–Kier alpha value is -10.6. The van der Waals surface area contributed by atoms with Gasteiger partial charge in [-0.05, 0) is 131 Å². The summed E-state index contributed by atoms with van der Waals surface area (Å²) in [7, 11) is 0. The number of likely N-dealkylation sites (tertiary alicyclic amines) is 1. The topological polar surface area (TPSA) is 571 Å². The van der Waals surface area contributed by atoms with Crippen molar-refractivity contribution in [3.8, 4) is 5.75 Å². The van der Waals surface area contributed by atoms with Gasteiger partial charge < -0.3 is 108 Å². The third kappa shape index (κ3) is 32.1. The van der Waals surface area contributed by atoms with Crippen LogP contribution in [0, 0.1) is 11.8 Å². The maximum Gasteiger partial charge on any atom is 0.326 e. The lowest BCUT2D eigenvalue weighted by Crippen LogP contribution is -2.61. The van der Waals surface area contributed by atoms with Gasteiger partial charge in [0.15, 0.2) is 17.9 Å². The molecule has 0 aromatic heterocycles. The molecule has 3 aromatic carbocycles. The van der Waals surface area contributed by atoms with Crippen LogP contribution in [0.15, 0.2) is 99.9 Å². The molecule has 0 spiro atoms. The highest BCUT2D eigenvalue weighted by Gasteiger charge is 2.41. The largest absolute Gasteiger partial charge is 0.508 e. The first-order valence-electron chi connectivity index (χ1n) is 35.2. The maximum atomic E-state index is 14.8. The Bertz CT molecular complexity index is 3350. The fourth-order valence-corrected chi connectivity index (χ4v) is 11.4. The molecule has 1 saturated heterocycles. The summed E-state index contributed by atoms with van der Waals surface area (Å²) in [5.74, 6) is -10.3. The van der Waals surface area contributed by atoms with E-state index in [1.807, 2.05) is 30.3 Å². The van der Waals surface area contributed by atoms with Crippen LogP contribution < -0.4 is 93.3 Å². The molecule has 1 aliphatic rings. The van der Waals surface area contributed by atoms with E-state index in [2.05, 4.69) is 68.1 Å². The second-order valence-electron chi connectivity index (χ2n) is 26.1. The van der Waals surface area contributed by atoms with Gasteiger partial charge in [-0.2, -0.15) is 0 Å². The average molecular weight is 1450 g/mol.